The Hall–Kier alpha value is 0.290. The first kappa shape index (κ1) is 9.83. The van der Waals surface area contributed by atoms with Gasteiger partial charge < -0.3 is 0 Å². The number of thiophene rings is 2. The Morgan fingerprint density at radius 1 is 1.38 bits per heavy atom. The molecule has 2 aromatic rings. The number of carbonyl (C=O) groups is 1. The summed E-state index contributed by atoms with van der Waals surface area (Å²) in [6, 6.07) is 0. The molecular formula is C8H4Br2OS2. The van der Waals surface area contributed by atoms with Gasteiger partial charge in [0.05, 0.1) is 18.7 Å². The van der Waals surface area contributed by atoms with Crippen molar-refractivity contribution in [1.82, 2.24) is 0 Å². The molecule has 0 aliphatic rings. The van der Waals surface area contributed by atoms with Crippen LogP contribution in [0.15, 0.2) is 14.3 Å². The van der Waals surface area contributed by atoms with Crippen LogP contribution >= 0.6 is 54.5 Å². The highest BCUT2D eigenvalue weighted by Gasteiger charge is 2.16. The van der Waals surface area contributed by atoms with Crippen LogP contribution in [-0.2, 0) is 0 Å². The monoisotopic (exact) mass is 338 g/mol. The van der Waals surface area contributed by atoms with Crippen molar-refractivity contribution in [2.45, 2.75) is 6.92 Å². The molecule has 0 fully saturated rings. The van der Waals surface area contributed by atoms with Crippen LogP contribution in [0.2, 0.25) is 0 Å². The second-order valence-corrected chi connectivity index (χ2v) is 6.09. The molecule has 0 aliphatic carbocycles. The largest absolute Gasteiger partial charge is 0.294 e. The van der Waals surface area contributed by atoms with E-state index in [1.165, 1.54) is 11.3 Å². The fourth-order valence-corrected chi connectivity index (χ4v) is 5.09. The molecule has 0 atom stereocenters. The Morgan fingerprint density at radius 3 is 2.62 bits per heavy atom. The highest BCUT2D eigenvalue weighted by atomic mass is 79.9. The molecule has 0 aromatic carbocycles. The first-order chi connectivity index (χ1) is 6.11. The van der Waals surface area contributed by atoms with Gasteiger partial charge in [0.25, 0.3) is 0 Å². The summed E-state index contributed by atoms with van der Waals surface area (Å²) in [5.74, 6) is 0.118. The van der Waals surface area contributed by atoms with Gasteiger partial charge in [0.2, 0.25) is 0 Å². The highest BCUT2D eigenvalue weighted by molar-refractivity contribution is 9.11. The third-order valence-electron chi connectivity index (χ3n) is 1.63. The van der Waals surface area contributed by atoms with Crippen molar-refractivity contribution in [3.8, 4) is 0 Å². The zero-order valence-electron chi connectivity index (χ0n) is 6.56. The van der Waals surface area contributed by atoms with Crippen molar-refractivity contribution in [3.05, 3.63) is 19.2 Å². The standard InChI is InChI=1S/C8H4Br2OS2/c1-3(11)6-5(10)8-7(13-6)4(9)2-12-8/h2H,1H3. The minimum absolute atomic E-state index is 0.118. The van der Waals surface area contributed by atoms with E-state index in [-0.39, 0.29) is 5.78 Å². The van der Waals surface area contributed by atoms with Crippen LogP contribution in [0.1, 0.15) is 16.6 Å². The molecule has 0 bridgehead atoms. The zero-order chi connectivity index (χ0) is 9.59. The molecule has 0 amide bonds. The average molecular weight is 340 g/mol. The maximum atomic E-state index is 11.2. The summed E-state index contributed by atoms with van der Waals surface area (Å²) in [6.07, 6.45) is 0. The first-order valence-corrected chi connectivity index (χ1v) is 6.75. The lowest BCUT2D eigenvalue weighted by Gasteiger charge is -1.87. The van der Waals surface area contributed by atoms with Gasteiger partial charge in [-0.15, -0.1) is 22.7 Å². The first-order valence-electron chi connectivity index (χ1n) is 3.47. The summed E-state index contributed by atoms with van der Waals surface area (Å²) in [7, 11) is 0. The number of hydrogen-bond donors (Lipinski definition) is 0. The average Bonchev–Trinajstić information content (AvgIpc) is 2.55. The van der Waals surface area contributed by atoms with E-state index in [0.29, 0.717) is 0 Å². The lowest BCUT2D eigenvalue weighted by molar-refractivity contribution is 0.102. The molecule has 13 heavy (non-hydrogen) atoms. The van der Waals surface area contributed by atoms with Crippen molar-refractivity contribution >= 4 is 69.7 Å². The molecule has 0 N–H and O–H groups in total. The number of fused-ring (bicyclic) bond motifs is 1. The van der Waals surface area contributed by atoms with E-state index in [1.807, 2.05) is 5.38 Å². The van der Waals surface area contributed by atoms with Crippen molar-refractivity contribution in [2.75, 3.05) is 0 Å². The van der Waals surface area contributed by atoms with E-state index in [1.54, 1.807) is 18.3 Å². The van der Waals surface area contributed by atoms with Gasteiger partial charge in [0.1, 0.15) is 0 Å². The Kier molecular flexibility index (Phi) is 2.61. The van der Waals surface area contributed by atoms with Gasteiger partial charge in [-0.05, 0) is 38.8 Å². The van der Waals surface area contributed by atoms with Gasteiger partial charge in [0, 0.05) is 9.85 Å². The molecule has 0 aliphatic heterocycles. The topological polar surface area (TPSA) is 17.1 Å². The van der Waals surface area contributed by atoms with E-state index < -0.39 is 0 Å². The van der Waals surface area contributed by atoms with Gasteiger partial charge in [-0.3, -0.25) is 4.79 Å². The SMILES string of the molecule is CC(=O)c1sc2c(Br)csc2c1Br. The molecule has 0 unspecified atom stereocenters. The summed E-state index contributed by atoms with van der Waals surface area (Å²) < 4.78 is 4.32. The Bertz CT molecular complexity index is 484. The lowest BCUT2D eigenvalue weighted by Crippen LogP contribution is -1.86. The van der Waals surface area contributed by atoms with E-state index in [9.17, 15) is 4.79 Å². The van der Waals surface area contributed by atoms with Gasteiger partial charge in [-0.1, -0.05) is 0 Å². The summed E-state index contributed by atoms with van der Waals surface area (Å²) in [6.45, 7) is 1.59. The maximum Gasteiger partial charge on any atom is 0.170 e. The fourth-order valence-electron chi connectivity index (χ4n) is 1.05. The van der Waals surface area contributed by atoms with Crippen molar-refractivity contribution in [2.24, 2.45) is 0 Å². The predicted octanol–water partition coefficient (Wildman–Crippen LogP) is 4.69. The van der Waals surface area contributed by atoms with E-state index >= 15 is 0 Å². The zero-order valence-corrected chi connectivity index (χ0v) is 11.4. The van der Waals surface area contributed by atoms with Crippen LogP contribution in [0.3, 0.4) is 0 Å². The number of Topliss-reactive ketones (excluding diaryl/α,β-unsaturated/α-hetero) is 1. The molecule has 0 spiro atoms. The van der Waals surface area contributed by atoms with Crippen LogP contribution in [0.25, 0.3) is 9.40 Å². The van der Waals surface area contributed by atoms with Crippen LogP contribution < -0.4 is 0 Å². The maximum absolute atomic E-state index is 11.2. The summed E-state index contributed by atoms with van der Waals surface area (Å²) in [5.41, 5.74) is 0. The number of ketones is 1. The second kappa shape index (κ2) is 3.46. The van der Waals surface area contributed by atoms with Crippen LogP contribution in [-0.4, -0.2) is 5.78 Å². The number of hydrogen-bond acceptors (Lipinski definition) is 3. The van der Waals surface area contributed by atoms with Crippen LogP contribution in [0.5, 0.6) is 0 Å². The van der Waals surface area contributed by atoms with Crippen LogP contribution in [0, 0.1) is 0 Å². The normalized spacial score (nSPS) is 11.0. The van der Waals surface area contributed by atoms with Gasteiger partial charge in [0.15, 0.2) is 5.78 Å². The highest BCUT2D eigenvalue weighted by Crippen LogP contribution is 2.43. The van der Waals surface area contributed by atoms with E-state index in [4.69, 9.17) is 0 Å². The minimum atomic E-state index is 0.118. The molecule has 68 valence electrons. The molecule has 2 heterocycles. The molecule has 5 heteroatoms. The fraction of sp³-hybridized carbons (Fsp3) is 0.125. The Labute approximate surface area is 100 Å². The van der Waals surface area contributed by atoms with Gasteiger partial charge in [-0.2, -0.15) is 0 Å². The van der Waals surface area contributed by atoms with Crippen molar-refractivity contribution < 1.29 is 4.79 Å². The minimum Gasteiger partial charge on any atom is -0.294 e. The molecule has 2 rings (SSSR count). The molecule has 0 saturated heterocycles. The van der Waals surface area contributed by atoms with Crippen LogP contribution in [0.4, 0.5) is 0 Å². The quantitative estimate of drug-likeness (QED) is 0.689. The third kappa shape index (κ3) is 1.52. The Morgan fingerprint density at radius 2 is 2.08 bits per heavy atom. The number of rotatable bonds is 1. The molecule has 1 nitrogen and oxygen atoms in total. The summed E-state index contributed by atoms with van der Waals surface area (Å²) >= 11 is 10.1. The second-order valence-electron chi connectivity index (χ2n) is 2.54. The summed E-state index contributed by atoms with van der Waals surface area (Å²) in [5, 5.41) is 2.04. The third-order valence-corrected chi connectivity index (χ3v) is 6.59. The molecule has 0 radical (unpaired) electrons. The van der Waals surface area contributed by atoms with Gasteiger partial charge in [-0.25, -0.2) is 0 Å². The van der Waals surface area contributed by atoms with E-state index in [2.05, 4.69) is 31.9 Å². The van der Waals surface area contributed by atoms with Crippen molar-refractivity contribution in [1.29, 1.82) is 0 Å². The number of carbonyl (C=O) groups excluding carboxylic acids is 1. The molecule has 0 saturated carbocycles. The van der Waals surface area contributed by atoms with Gasteiger partial charge >= 0.3 is 0 Å². The lowest BCUT2D eigenvalue weighted by atomic mass is 10.3. The van der Waals surface area contributed by atoms with E-state index in [0.717, 1.165) is 23.2 Å². The predicted molar refractivity (Wildman–Crippen MR) is 65.1 cm³/mol. The molecular weight excluding hydrogens is 336 g/mol. The summed E-state index contributed by atoms with van der Waals surface area (Å²) in [4.78, 5) is 12.0. The smallest absolute Gasteiger partial charge is 0.170 e. The number of halogens is 2. The molecule has 2 aromatic heterocycles. The Balaban J connectivity index is 2.81. The van der Waals surface area contributed by atoms with Crippen molar-refractivity contribution in [3.63, 3.8) is 0 Å².